The van der Waals surface area contributed by atoms with Gasteiger partial charge in [-0.3, -0.25) is 14.4 Å². The van der Waals surface area contributed by atoms with Crippen LogP contribution in [-0.2, 0) is 74.2 Å². The van der Waals surface area contributed by atoms with Crippen molar-refractivity contribution in [2.24, 2.45) is 17.8 Å². The van der Waals surface area contributed by atoms with Crippen molar-refractivity contribution in [2.45, 2.75) is 75.8 Å². The summed E-state index contributed by atoms with van der Waals surface area (Å²) in [5.74, 6) is -0.641. The maximum atomic E-state index is 12.2. The number of hydrogen-bond donors (Lipinski definition) is 5. The number of nitrogens with one attached hydrogen (secondary N) is 5. The number of nitrogens with zero attached hydrogens (tertiary/aromatic N) is 3. The summed E-state index contributed by atoms with van der Waals surface area (Å²) in [4.78, 5) is 54.6. The number of sulfone groups is 3. The van der Waals surface area contributed by atoms with Gasteiger partial charge in [0.1, 0.15) is 67.4 Å². The molecule has 0 bridgehead atoms. The first-order valence-corrected chi connectivity index (χ1v) is 52.2. The Morgan fingerprint density at radius 3 is 1.17 bits per heavy atom. The quantitative estimate of drug-likeness (QED) is 0.0123. The van der Waals surface area contributed by atoms with Gasteiger partial charge in [0.15, 0.2) is 29.5 Å². The second kappa shape index (κ2) is 65.6. The van der Waals surface area contributed by atoms with E-state index in [0.29, 0.717) is 62.2 Å². The summed E-state index contributed by atoms with van der Waals surface area (Å²) in [6, 6.07) is 27.8. The number of aromatic nitrogens is 5. The minimum Gasteiger partial charge on any atom is -0.747 e. The second-order valence-corrected chi connectivity index (χ2v) is 46.2. The Kier molecular flexibility index (Phi) is 69.3. The summed E-state index contributed by atoms with van der Waals surface area (Å²) in [6.45, 7) is 20.2. The predicted octanol–water partition coefficient (Wildman–Crippen LogP) is 3.05. The van der Waals surface area contributed by atoms with Crippen LogP contribution in [0.15, 0.2) is 185 Å². The minimum absolute atomic E-state index is 0. The van der Waals surface area contributed by atoms with Gasteiger partial charge in [-0.25, -0.2) is 65.5 Å². The monoisotopic (exact) mass is 1890 g/mol. The molecule has 0 saturated carbocycles. The number of carbonyl (C=O) groups excluding carboxylic acids is 3. The number of aromatic amines is 2. The molecule has 0 aliphatic rings. The average molecular weight is 1890 g/mol. The molecule has 6 unspecified atom stereocenters. The van der Waals surface area contributed by atoms with E-state index >= 15 is 0 Å². The number of thiocarbonyl (C=S) groups is 1. The molecule has 3 amide bonds. The van der Waals surface area contributed by atoms with E-state index in [1.807, 2.05) is 92.1 Å². The Bertz CT molecular complexity index is 4200. The molecule has 109 heavy (non-hydrogen) atoms. The van der Waals surface area contributed by atoms with Crippen molar-refractivity contribution in [3.63, 3.8) is 0 Å². The molecule has 0 aliphatic heterocycles. The van der Waals surface area contributed by atoms with Crippen molar-refractivity contribution in [1.82, 2.24) is 40.9 Å². The Balaban J connectivity index is -0.000000656. The van der Waals surface area contributed by atoms with E-state index in [1.165, 1.54) is 52.0 Å². The molecule has 0 aromatic carbocycles. The molecule has 48 heteroatoms. The van der Waals surface area contributed by atoms with Crippen LogP contribution in [0.2, 0.25) is 0 Å². The topological polar surface area (TPSA) is 432 Å². The summed E-state index contributed by atoms with van der Waals surface area (Å²) in [5, 5.41) is 13.9. The smallest absolute Gasteiger partial charge is 0.747 e. The number of H-pyrrole nitrogens is 2. The van der Waals surface area contributed by atoms with Crippen LogP contribution >= 0.6 is 148 Å². The van der Waals surface area contributed by atoms with Gasteiger partial charge in [0.2, 0.25) is 17.7 Å². The molecule has 26 nitrogen and oxygen atoms in total. The van der Waals surface area contributed by atoms with Gasteiger partial charge < -0.3 is 39.6 Å². The molecule has 0 fully saturated rings. The van der Waals surface area contributed by atoms with Crippen LogP contribution in [-0.4, -0.2) is 190 Å². The summed E-state index contributed by atoms with van der Waals surface area (Å²) < 4.78 is 167. The Labute approximate surface area is 765 Å². The first-order chi connectivity index (χ1) is 49.7. The zero-order valence-electron chi connectivity index (χ0n) is 60.5. The van der Waals surface area contributed by atoms with Crippen LogP contribution in [0.4, 0.5) is 0 Å². The maximum Gasteiger partial charge on any atom is 1.00 e. The molecule has 5 aromatic heterocycles. The predicted molar refractivity (Wildman–Crippen MR) is 452 cm³/mol. The summed E-state index contributed by atoms with van der Waals surface area (Å²) in [7, 11) is -15.5. The summed E-state index contributed by atoms with van der Waals surface area (Å²) >= 11 is 18.7. The Morgan fingerprint density at radius 2 is 0.853 bits per heavy atom. The van der Waals surface area contributed by atoms with Crippen molar-refractivity contribution in [3.8, 4) is 0 Å². The van der Waals surface area contributed by atoms with Gasteiger partial charge in [-0.15, -0.1) is 23.5 Å². The first kappa shape index (κ1) is 115. The molecule has 0 radical (unpaired) electrons. The van der Waals surface area contributed by atoms with E-state index in [9.17, 15) is 78.5 Å². The van der Waals surface area contributed by atoms with E-state index in [0.717, 1.165) is 74.3 Å². The van der Waals surface area contributed by atoms with Crippen molar-refractivity contribution in [3.05, 3.63) is 179 Å². The van der Waals surface area contributed by atoms with Gasteiger partial charge in [0, 0.05) is 119 Å². The number of hydrogen-bond acceptors (Lipinski definition) is 34. The molecule has 5 aromatic rings. The molecular weight excluding hydrogens is 1810 g/mol. The van der Waals surface area contributed by atoms with Gasteiger partial charge in [-0.05, 0) is 118 Å². The third-order valence-electron chi connectivity index (χ3n) is 11.9. The van der Waals surface area contributed by atoms with Crippen LogP contribution in [0.1, 0.15) is 47.0 Å². The normalized spacial score (nSPS) is 12.7. The third kappa shape index (κ3) is 62.6. The van der Waals surface area contributed by atoms with Gasteiger partial charge in [-0.1, -0.05) is 165 Å². The fraction of sp³-hybridized carbons (Fsp3) is 0.393. The van der Waals surface area contributed by atoms with Crippen LogP contribution in [0, 0.1) is 27.0 Å². The minimum atomic E-state index is -4.72. The standard InChI is InChI=1S/C17H21N3O4S5.C15H22N2O4S6.C15H27NO8S5.2C5H5NS.C4H6O2S.3Na/c1-13(17(21)20-10-11-25-26-14-6-2-4-8-18-14)12-16(29(22,23)24)28-27-15-7-3-5-9-19-15;1-3-23-15(22)25-13(27(19,20)21)10-11(2)14(18)17-8-9-24-26-12-6-4-5-7-16-12;1-4-27(18,19)10-8-25-7-6-16-15(17)13(3)12-14(29(22,23)24)26-9-11-28(20,21)5-2;2*7-5-3-1-2-4-6-5;1-3-7(5,6)4-2;;;/h2-9,13,16H,10-12H2,1H3,(H,20,21)(H,22,23,24);4-7,11,13H,3,8-10H2,1-2H3,(H,17,18)(H,19,20,21);4-5,13-14H,1-2,6-12H2,3H3,(H,16,17)(H,22,23,24);2*1-4H,(H,6,7);3-4H,1-2H2;;;/q;;;;;;3*+1/p-3. The van der Waals surface area contributed by atoms with E-state index in [1.54, 1.807) is 72.2 Å². The Hall–Kier alpha value is -0.270. The number of thioether (sulfide) groups is 4. The molecule has 0 saturated heterocycles. The maximum absolute atomic E-state index is 12.2. The SMILES string of the molecule is C=CS(=O)(=O)C=C.C=CS(=O)(=O)CCSCCNC(=O)C(C)CC(SCCS(=O)(=O)C=C)S(=O)(=O)[O-].CC(CC(SSc1ccccn1)S(=O)(=O)[O-])C(=O)NCCSSc1ccccn1.CCSC(=S)SC(CC(C)C(=O)NCCSSc1ccccn1)S(=O)(=O)[O-].S=c1cccc[nH]1.S=c1cccc[nH]1.[Na+].[Na+].[Na+]. The molecule has 5 N–H and O–H groups in total. The van der Waals surface area contributed by atoms with Crippen molar-refractivity contribution in [1.29, 1.82) is 0 Å². The summed E-state index contributed by atoms with van der Waals surface area (Å²) in [5.41, 5.74) is 0. The first-order valence-electron chi connectivity index (χ1n) is 30.6. The second-order valence-electron chi connectivity index (χ2n) is 20.3. The molecule has 5 heterocycles. The van der Waals surface area contributed by atoms with Crippen molar-refractivity contribution >= 4 is 230 Å². The van der Waals surface area contributed by atoms with Gasteiger partial charge in [-0.2, -0.15) is 11.8 Å². The number of carbonyl (C=O) groups is 3. The number of pyridine rings is 5. The molecule has 592 valence electrons. The third-order valence-corrected chi connectivity index (χ3v) is 33.8. The van der Waals surface area contributed by atoms with Crippen molar-refractivity contribution < 1.29 is 167 Å². The van der Waals surface area contributed by atoms with Crippen LogP contribution in [0.5, 0.6) is 0 Å². The van der Waals surface area contributed by atoms with E-state index in [-0.39, 0.29) is 144 Å². The molecule has 6 atom stereocenters. The van der Waals surface area contributed by atoms with E-state index in [2.05, 4.69) is 67.2 Å². The van der Waals surface area contributed by atoms with Crippen LogP contribution in [0.25, 0.3) is 0 Å². The average Bonchev–Trinajstić information content (AvgIpc) is 0.875. The largest absolute Gasteiger partial charge is 1.00 e. The molecule has 0 aliphatic carbocycles. The fourth-order valence-corrected chi connectivity index (χ4v) is 24.3. The van der Waals surface area contributed by atoms with Gasteiger partial charge >= 0.3 is 88.7 Å². The van der Waals surface area contributed by atoms with E-state index < -0.39 is 97.3 Å². The number of rotatable bonds is 41. The molecule has 0 spiro atoms. The zero-order chi connectivity index (χ0) is 80.3. The zero-order valence-corrected chi connectivity index (χ0v) is 82.0. The van der Waals surface area contributed by atoms with Crippen LogP contribution < -0.4 is 105 Å². The number of amides is 3. The fourth-order valence-electron chi connectivity index (χ4n) is 6.40. The van der Waals surface area contributed by atoms with Gasteiger partial charge in [0.05, 0.1) is 16.1 Å². The van der Waals surface area contributed by atoms with Crippen molar-refractivity contribution in [2.75, 3.05) is 65.7 Å². The van der Waals surface area contributed by atoms with E-state index in [4.69, 9.17) is 36.7 Å². The van der Waals surface area contributed by atoms with Crippen LogP contribution in [0.3, 0.4) is 0 Å². The molecular formula is C61H83N8Na3O18S19. The Morgan fingerprint density at radius 1 is 0.495 bits per heavy atom. The molecule has 5 rings (SSSR count). The summed E-state index contributed by atoms with van der Waals surface area (Å²) in [6.07, 6.45) is 8.27. The van der Waals surface area contributed by atoms with Gasteiger partial charge in [0.25, 0.3) is 0 Å².